The molecule has 1 aromatic carbocycles. The van der Waals surface area contributed by atoms with Crippen molar-refractivity contribution in [2.24, 2.45) is 5.92 Å². The van der Waals surface area contributed by atoms with Crippen molar-refractivity contribution in [3.8, 4) is 0 Å². The summed E-state index contributed by atoms with van der Waals surface area (Å²) in [5.41, 5.74) is 0.101. The zero-order valence-corrected chi connectivity index (χ0v) is 8.94. The number of benzene rings is 1. The van der Waals surface area contributed by atoms with Crippen molar-refractivity contribution >= 4 is 11.8 Å². The maximum absolute atomic E-state index is 13.3. The highest BCUT2D eigenvalue weighted by molar-refractivity contribution is 7.99. The van der Waals surface area contributed by atoms with Crippen LogP contribution in [0, 0.1) is 17.6 Å². The van der Waals surface area contributed by atoms with E-state index < -0.39 is 17.7 Å². The number of hydrogen-bond acceptors (Lipinski definition) is 2. The van der Waals surface area contributed by atoms with Crippen LogP contribution in [0.15, 0.2) is 18.2 Å². The van der Waals surface area contributed by atoms with Gasteiger partial charge in [0.1, 0.15) is 11.6 Å². The number of aliphatic hydroxyl groups is 1. The van der Waals surface area contributed by atoms with Crippen molar-refractivity contribution in [3.05, 3.63) is 35.4 Å². The minimum atomic E-state index is -0.515. The van der Waals surface area contributed by atoms with Crippen molar-refractivity contribution in [1.29, 1.82) is 0 Å². The first-order valence-corrected chi connectivity index (χ1v) is 6.02. The van der Waals surface area contributed by atoms with Crippen LogP contribution >= 0.6 is 11.8 Å². The largest absolute Gasteiger partial charge is 0.392 e. The predicted octanol–water partition coefficient (Wildman–Crippen LogP) is 2.23. The van der Waals surface area contributed by atoms with Crippen molar-refractivity contribution in [3.63, 3.8) is 0 Å². The normalized spacial score (nSPS) is 25.8. The minimum absolute atomic E-state index is 0.0265. The Labute approximate surface area is 91.5 Å². The molecule has 2 atom stereocenters. The van der Waals surface area contributed by atoms with Gasteiger partial charge in [-0.2, -0.15) is 11.8 Å². The van der Waals surface area contributed by atoms with E-state index in [4.69, 9.17) is 0 Å². The van der Waals surface area contributed by atoms with E-state index in [0.717, 1.165) is 5.75 Å². The Morgan fingerprint density at radius 3 is 2.47 bits per heavy atom. The topological polar surface area (TPSA) is 20.2 Å². The summed E-state index contributed by atoms with van der Waals surface area (Å²) in [5, 5.41) is 9.57. The van der Waals surface area contributed by atoms with Gasteiger partial charge in [0.25, 0.3) is 0 Å². The van der Waals surface area contributed by atoms with E-state index in [1.165, 1.54) is 18.2 Å². The van der Waals surface area contributed by atoms with E-state index in [-0.39, 0.29) is 17.9 Å². The molecular formula is C11H12F2OS. The molecule has 1 aliphatic rings. The Bertz CT molecular complexity index is 336. The molecule has 4 heteroatoms. The predicted molar refractivity (Wildman–Crippen MR) is 56.9 cm³/mol. The van der Waals surface area contributed by atoms with E-state index in [1.54, 1.807) is 11.8 Å². The van der Waals surface area contributed by atoms with Gasteiger partial charge < -0.3 is 5.11 Å². The van der Waals surface area contributed by atoms with Gasteiger partial charge in [0, 0.05) is 11.3 Å². The molecule has 1 nitrogen and oxygen atoms in total. The fraction of sp³-hybridized carbons (Fsp3) is 0.455. The quantitative estimate of drug-likeness (QED) is 0.840. The zero-order valence-electron chi connectivity index (χ0n) is 8.12. The van der Waals surface area contributed by atoms with Crippen molar-refractivity contribution < 1.29 is 13.9 Å². The minimum Gasteiger partial charge on any atom is -0.392 e. The van der Waals surface area contributed by atoms with E-state index in [0.29, 0.717) is 5.75 Å². The molecule has 15 heavy (non-hydrogen) atoms. The molecule has 0 aliphatic carbocycles. The summed E-state index contributed by atoms with van der Waals surface area (Å²) in [6.45, 7) is 0. The lowest BCUT2D eigenvalue weighted by molar-refractivity contribution is 0.148. The van der Waals surface area contributed by atoms with Crippen LogP contribution in [-0.2, 0) is 6.42 Å². The molecule has 0 bridgehead atoms. The van der Waals surface area contributed by atoms with Gasteiger partial charge in [-0.25, -0.2) is 8.78 Å². The lowest BCUT2D eigenvalue weighted by Crippen LogP contribution is -2.21. The summed E-state index contributed by atoms with van der Waals surface area (Å²) in [6.07, 6.45) is -0.152. The molecule has 0 saturated carbocycles. The first-order chi connectivity index (χ1) is 7.18. The zero-order chi connectivity index (χ0) is 10.8. The Hall–Kier alpha value is -0.610. The molecule has 1 N–H and O–H groups in total. The first kappa shape index (κ1) is 10.9. The van der Waals surface area contributed by atoms with Crippen molar-refractivity contribution in [2.75, 3.05) is 11.5 Å². The van der Waals surface area contributed by atoms with Crippen LogP contribution < -0.4 is 0 Å². The van der Waals surface area contributed by atoms with Crippen LogP contribution in [0.4, 0.5) is 8.78 Å². The number of halogens is 2. The third-order valence-corrected chi connectivity index (χ3v) is 3.93. The third-order valence-electron chi connectivity index (χ3n) is 2.69. The molecule has 2 unspecified atom stereocenters. The SMILES string of the molecule is OC1CSCC1Cc1c(F)cccc1F. The van der Waals surface area contributed by atoms with Crippen LogP contribution in [0.2, 0.25) is 0 Å². The second kappa shape index (κ2) is 4.49. The lowest BCUT2D eigenvalue weighted by atomic mass is 9.96. The van der Waals surface area contributed by atoms with Gasteiger partial charge in [-0.05, 0) is 30.2 Å². The van der Waals surface area contributed by atoms with Crippen molar-refractivity contribution in [2.45, 2.75) is 12.5 Å². The van der Waals surface area contributed by atoms with Gasteiger partial charge in [-0.1, -0.05) is 6.07 Å². The van der Waals surface area contributed by atoms with Gasteiger partial charge >= 0.3 is 0 Å². The summed E-state index contributed by atoms with van der Waals surface area (Å²) in [7, 11) is 0. The molecule has 1 aliphatic heterocycles. The van der Waals surface area contributed by atoms with E-state index in [2.05, 4.69) is 0 Å². The van der Waals surface area contributed by atoms with Gasteiger partial charge in [-0.3, -0.25) is 0 Å². The highest BCUT2D eigenvalue weighted by atomic mass is 32.2. The van der Waals surface area contributed by atoms with Crippen LogP contribution in [-0.4, -0.2) is 22.7 Å². The molecular weight excluding hydrogens is 218 g/mol. The smallest absolute Gasteiger partial charge is 0.129 e. The molecule has 0 aromatic heterocycles. The lowest BCUT2D eigenvalue weighted by Gasteiger charge is -2.14. The Balaban J connectivity index is 2.16. The Morgan fingerprint density at radius 1 is 1.27 bits per heavy atom. The standard InChI is InChI=1S/C11H12F2OS/c12-9-2-1-3-10(13)8(9)4-7-5-15-6-11(7)14/h1-3,7,11,14H,4-6H2. The van der Waals surface area contributed by atoms with Crippen molar-refractivity contribution in [1.82, 2.24) is 0 Å². The molecule has 1 heterocycles. The highest BCUT2D eigenvalue weighted by Gasteiger charge is 2.27. The van der Waals surface area contributed by atoms with Gasteiger partial charge in [-0.15, -0.1) is 0 Å². The van der Waals surface area contributed by atoms with Gasteiger partial charge in [0.15, 0.2) is 0 Å². The van der Waals surface area contributed by atoms with Crippen LogP contribution in [0.3, 0.4) is 0 Å². The van der Waals surface area contributed by atoms with Gasteiger partial charge in [0.2, 0.25) is 0 Å². The summed E-state index contributed by atoms with van der Waals surface area (Å²) < 4.78 is 26.6. The maximum Gasteiger partial charge on any atom is 0.129 e. The first-order valence-electron chi connectivity index (χ1n) is 4.87. The number of hydrogen-bond donors (Lipinski definition) is 1. The second-order valence-electron chi connectivity index (χ2n) is 3.77. The number of aliphatic hydroxyl groups excluding tert-OH is 1. The van der Waals surface area contributed by atoms with Crippen LogP contribution in [0.1, 0.15) is 5.56 Å². The summed E-state index contributed by atoms with van der Waals surface area (Å²) in [6, 6.07) is 3.87. The van der Waals surface area contributed by atoms with Crippen LogP contribution in [0.5, 0.6) is 0 Å². The maximum atomic E-state index is 13.3. The molecule has 82 valence electrons. The van der Waals surface area contributed by atoms with E-state index in [9.17, 15) is 13.9 Å². The molecule has 0 amide bonds. The Morgan fingerprint density at radius 2 is 1.93 bits per heavy atom. The van der Waals surface area contributed by atoms with Gasteiger partial charge in [0.05, 0.1) is 6.10 Å². The van der Waals surface area contributed by atoms with E-state index in [1.807, 2.05) is 0 Å². The monoisotopic (exact) mass is 230 g/mol. The second-order valence-corrected chi connectivity index (χ2v) is 4.84. The molecule has 2 rings (SSSR count). The average Bonchev–Trinajstić information content (AvgIpc) is 2.58. The highest BCUT2D eigenvalue weighted by Crippen LogP contribution is 2.28. The molecule has 0 spiro atoms. The van der Waals surface area contributed by atoms with Crippen LogP contribution in [0.25, 0.3) is 0 Å². The fourth-order valence-corrected chi connectivity index (χ4v) is 3.06. The third kappa shape index (κ3) is 2.32. The molecule has 1 saturated heterocycles. The molecule has 0 radical (unpaired) electrons. The molecule has 1 aromatic rings. The number of rotatable bonds is 2. The number of thioether (sulfide) groups is 1. The summed E-state index contributed by atoms with van der Waals surface area (Å²) in [5.74, 6) is 0.384. The summed E-state index contributed by atoms with van der Waals surface area (Å²) in [4.78, 5) is 0. The summed E-state index contributed by atoms with van der Waals surface area (Å²) >= 11 is 1.63. The Kier molecular flexibility index (Phi) is 3.26. The van der Waals surface area contributed by atoms with E-state index >= 15 is 0 Å². The molecule has 1 fully saturated rings. The fourth-order valence-electron chi connectivity index (χ4n) is 1.77. The average molecular weight is 230 g/mol.